The molecular formula is C12H24N4O. The van der Waals surface area contributed by atoms with Crippen LogP contribution in [0.15, 0.2) is 0 Å². The molecule has 5 heteroatoms. The number of carbonyl (C=O) groups excluding carboxylic acids is 1. The maximum atomic E-state index is 11.8. The van der Waals surface area contributed by atoms with Crippen molar-refractivity contribution in [2.24, 2.45) is 11.7 Å². The summed E-state index contributed by atoms with van der Waals surface area (Å²) in [5.41, 5.74) is 5.63. The van der Waals surface area contributed by atoms with Gasteiger partial charge in [-0.25, -0.2) is 4.79 Å². The van der Waals surface area contributed by atoms with E-state index in [0.717, 1.165) is 19.6 Å². The monoisotopic (exact) mass is 240 g/mol. The maximum Gasteiger partial charge on any atom is 0.318 e. The molecule has 0 aromatic heterocycles. The van der Waals surface area contributed by atoms with Crippen molar-refractivity contribution in [3.63, 3.8) is 0 Å². The van der Waals surface area contributed by atoms with Crippen molar-refractivity contribution in [1.29, 1.82) is 0 Å². The van der Waals surface area contributed by atoms with Gasteiger partial charge in [-0.15, -0.1) is 0 Å². The van der Waals surface area contributed by atoms with Gasteiger partial charge < -0.3 is 20.9 Å². The zero-order chi connectivity index (χ0) is 12.4. The minimum absolute atomic E-state index is 0.0619. The molecule has 2 heterocycles. The average molecular weight is 240 g/mol. The third kappa shape index (κ3) is 2.72. The molecule has 98 valence electrons. The van der Waals surface area contributed by atoms with Gasteiger partial charge in [-0.3, -0.25) is 0 Å². The van der Waals surface area contributed by atoms with Crippen LogP contribution in [0.3, 0.4) is 0 Å². The first kappa shape index (κ1) is 12.6. The van der Waals surface area contributed by atoms with Gasteiger partial charge in [-0.2, -0.15) is 0 Å². The molecule has 2 aliphatic rings. The molecule has 2 saturated heterocycles. The van der Waals surface area contributed by atoms with Gasteiger partial charge >= 0.3 is 6.03 Å². The molecule has 2 amide bonds. The quantitative estimate of drug-likeness (QED) is 0.734. The smallest absolute Gasteiger partial charge is 0.318 e. The van der Waals surface area contributed by atoms with Crippen LogP contribution in [-0.2, 0) is 0 Å². The van der Waals surface area contributed by atoms with Crippen LogP contribution in [0.25, 0.3) is 0 Å². The molecule has 0 aliphatic carbocycles. The van der Waals surface area contributed by atoms with E-state index in [1.165, 1.54) is 12.8 Å². The average Bonchev–Trinajstić information content (AvgIpc) is 2.71. The molecule has 2 aliphatic heterocycles. The van der Waals surface area contributed by atoms with Crippen LogP contribution >= 0.6 is 0 Å². The standard InChI is InChI=1S/C12H24N4O/c1-9(7-13)16-8-11(14-12(16)17)10-3-5-15(2)6-4-10/h9-11H,3-8,13H2,1-2H3,(H,14,17). The van der Waals surface area contributed by atoms with Crippen molar-refractivity contribution in [1.82, 2.24) is 15.1 Å². The number of amides is 2. The highest BCUT2D eigenvalue weighted by atomic mass is 16.2. The van der Waals surface area contributed by atoms with Gasteiger partial charge in [0.25, 0.3) is 0 Å². The number of rotatable bonds is 3. The first-order valence-corrected chi connectivity index (χ1v) is 6.57. The second-order valence-corrected chi connectivity index (χ2v) is 5.43. The molecule has 2 fully saturated rings. The van der Waals surface area contributed by atoms with Crippen LogP contribution in [0.5, 0.6) is 0 Å². The highest BCUT2D eigenvalue weighted by molar-refractivity contribution is 5.77. The lowest BCUT2D eigenvalue weighted by atomic mass is 9.90. The fourth-order valence-corrected chi connectivity index (χ4v) is 2.79. The molecule has 3 N–H and O–H groups in total. The summed E-state index contributed by atoms with van der Waals surface area (Å²) in [6, 6.07) is 0.531. The van der Waals surface area contributed by atoms with Crippen LogP contribution in [0.2, 0.25) is 0 Å². The molecule has 0 aromatic carbocycles. The summed E-state index contributed by atoms with van der Waals surface area (Å²) >= 11 is 0. The van der Waals surface area contributed by atoms with E-state index in [1.54, 1.807) is 0 Å². The van der Waals surface area contributed by atoms with Crippen molar-refractivity contribution in [3.05, 3.63) is 0 Å². The summed E-state index contributed by atoms with van der Waals surface area (Å²) in [4.78, 5) is 16.1. The van der Waals surface area contributed by atoms with Gasteiger partial charge in [0, 0.05) is 19.1 Å². The summed E-state index contributed by atoms with van der Waals surface area (Å²) in [6.45, 7) is 5.66. The third-order valence-corrected chi connectivity index (χ3v) is 4.17. The lowest BCUT2D eigenvalue weighted by molar-refractivity contribution is 0.186. The topological polar surface area (TPSA) is 61.6 Å². The van der Waals surface area contributed by atoms with Crippen LogP contribution in [0, 0.1) is 5.92 Å². The SMILES string of the molecule is CC(CN)N1CC(C2CCN(C)CC2)NC1=O. The number of nitrogens with two attached hydrogens (primary N) is 1. The maximum absolute atomic E-state index is 11.8. The lowest BCUT2D eigenvalue weighted by Gasteiger charge is -2.32. The highest BCUT2D eigenvalue weighted by Crippen LogP contribution is 2.24. The largest absolute Gasteiger partial charge is 0.333 e. The Morgan fingerprint density at radius 1 is 1.47 bits per heavy atom. The Hall–Kier alpha value is -0.810. The van der Waals surface area contributed by atoms with Gasteiger partial charge in [-0.1, -0.05) is 0 Å². The summed E-state index contributed by atoms with van der Waals surface area (Å²) in [6.07, 6.45) is 2.37. The molecule has 2 rings (SSSR count). The molecule has 0 radical (unpaired) electrons. The summed E-state index contributed by atoms with van der Waals surface area (Å²) in [7, 11) is 2.16. The second kappa shape index (κ2) is 5.23. The van der Waals surface area contributed by atoms with Gasteiger partial charge in [0.05, 0.1) is 6.04 Å². The zero-order valence-electron chi connectivity index (χ0n) is 10.9. The number of hydrogen-bond acceptors (Lipinski definition) is 3. The van der Waals surface area contributed by atoms with Gasteiger partial charge in [-0.05, 0) is 45.8 Å². The van der Waals surface area contributed by atoms with Crippen molar-refractivity contribution < 1.29 is 4.79 Å². The molecule has 5 nitrogen and oxygen atoms in total. The Labute approximate surface area is 103 Å². The van der Waals surface area contributed by atoms with Crippen molar-refractivity contribution in [2.45, 2.75) is 31.8 Å². The number of likely N-dealkylation sites (tertiary alicyclic amines) is 1. The Kier molecular flexibility index (Phi) is 3.89. The van der Waals surface area contributed by atoms with E-state index < -0.39 is 0 Å². The number of nitrogens with one attached hydrogen (secondary N) is 1. The lowest BCUT2D eigenvalue weighted by Crippen LogP contribution is -2.41. The van der Waals surface area contributed by atoms with E-state index in [2.05, 4.69) is 17.3 Å². The van der Waals surface area contributed by atoms with Gasteiger partial charge in [0.2, 0.25) is 0 Å². The van der Waals surface area contributed by atoms with Crippen LogP contribution in [-0.4, -0.2) is 61.1 Å². The molecular weight excluding hydrogens is 216 g/mol. The number of carbonyl (C=O) groups is 1. The minimum atomic E-state index is 0.0619. The van der Waals surface area contributed by atoms with E-state index >= 15 is 0 Å². The van der Waals surface area contributed by atoms with Crippen LogP contribution in [0.1, 0.15) is 19.8 Å². The molecule has 2 atom stereocenters. The fourth-order valence-electron chi connectivity index (χ4n) is 2.79. The summed E-state index contributed by atoms with van der Waals surface area (Å²) in [5, 5.41) is 3.12. The number of hydrogen-bond donors (Lipinski definition) is 2. The predicted octanol–water partition coefficient (Wildman–Crippen LogP) is 0.0692. The molecule has 0 saturated carbocycles. The molecule has 2 unspecified atom stereocenters. The van der Waals surface area contributed by atoms with Crippen molar-refractivity contribution in [3.8, 4) is 0 Å². The summed E-state index contributed by atoms with van der Waals surface area (Å²) < 4.78 is 0. The first-order valence-electron chi connectivity index (χ1n) is 6.57. The van der Waals surface area contributed by atoms with Crippen LogP contribution in [0.4, 0.5) is 4.79 Å². The zero-order valence-corrected chi connectivity index (χ0v) is 10.9. The van der Waals surface area contributed by atoms with E-state index in [4.69, 9.17) is 5.73 Å². The van der Waals surface area contributed by atoms with E-state index in [0.29, 0.717) is 18.5 Å². The van der Waals surface area contributed by atoms with Gasteiger partial charge in [0.15, 0.2) is 0 Å². The van der Waals surface area contributed by atoms with Crippen molar-refractivity contribution in [2.75, 3.05) is 33.2 Å². The predicted molar refractivity (Wildman–Crippen MR) is 67.8 cm³/mol. The van der Waals surface area contributed by atoms with Gasteiger partial charge in [0.1, 0.15) is 0 Å². The minimum Gasteiger partial charge on any atom is -0.333 e. The molecule has 0 bridgehead atoms. The fraction of sp³-hybridized carbons (Fsp3) is 0.917. The highest BCUT2D eigenvalue weighted by Gasteiger charge is 2.36. The number of urea groups is 1. The molecule has 17 heavy (non-hydrogen) atoms. The summed E-state index contributed by atoms with van der Waals surface area (Å²) in [5.74, 6) is 0.630. The normalized spacial score (nSPS) is 29.5. The second-order valence-electron chi connectivity index (χ2n) is 5.43. The Morgan fingerprint density at radius 3 is 2.71 bits per heavy atom. The number of nitrogens with zero attached hydrogens (tertiary/aromatic N) is 2. The van der Waals surface area contributed by atoms with E-state index in [1.807, 2.05) is 11.8 Å². The first-order chi connectivity index (χ1) is 8.11. The molecule has 0 aromatic rings. The Balaban J connectivity index is 1.90. The van der Waals surface area contributed by atoms with E-state index in [9.17, 15) is 4.79 Å². The Bertz CT molecular complexity index is 276. The van der Waals surface area contributed by atoms with Crippen molar-refractivity contribution >= 4 is 6.03 Å². The van der Waals surface area contributed by atoms with Crippen LogP contribution < -0.4 is 11.1 Å². The third-order valence-electron chi connectivity index (χ3n) is 4.17. The Morgan fingerprint density at radius 2 is 2.12 bits per heavy atom. The molecule has 0 spiro atoms. The number of piperidine rings is 1. The van der Waals surface area contributed by atoms with E-state index in [-0.39, 0.29) is 12.1 Å².